The number of aromatic nitrogens is 5. The standard InChI is InChI=1S/C21H20N6O2/c28-18-14-22-27(16-7-2-1-6-15(16)18)13-10-20(29)25-12-5-8-17(25)21-24-23-19-9-3-4-11-26(19)21/h1-4,6-7,9,11,14,17H,5,8,10,12-13H2. The number of pyridine rings is 1. The van der Waals surface area contributed by atoms with E-state index in [9.17, 15) is 9.59 Å². The Hall–Kier alpha value is -3.55. The fourth-order valence-corrected chi connectivity index (χ4v) is 4.11. The molecule has 146 valence electrons. The van der Waals surface area contributed by atoms with Crippen molar-refractivity contribution >= 4 is 22.5 Å². The van der Waals surface area contributed by atoms with Gasteiger partial charge >= 0.3 is 0 Å². The first kappa shape index (κ1) is 17.5. The summed E-state index contributed by atoms with van der Waals surface area (Å²) < 4.78 is 3.68. The number of amides is 1. The minimum atomic E-state index is -0.110. The molecule has 1 fully saturated rings. The summed E-state index contributed by atoms with van der Waals surface area (Å²) in [6.45, 7) is 1.13. The molecule has 8 heteroatoms. The second kappa shape index (κ2) is 7.12. The first-order valence-corrected chi connectivity index (χ1v) is 9.76. The molecule has 1 saturated heterocycles. The van der Waals surface area contributed by atoms with Gasteiger partial charge < -0.3 is 4.90 Å². The molecule has 1 unspecified atom stereocenters. The molecule has 1 aromatic carbocycles. The molecule has 5 rings (SSSR count). The Morgan fingerprint density at radius 3 is 2.90 bits per heavy atom. The zero-order chi connectivity index (χ0) is 19.8. The molecule has 0 spiro atoms. The number of fused-ring (bicyclic) bond motifs is 2. The van der Waals surface area contributed by atoms with Gasteiger partial charge in [-0.1, -0.05) is 18.2 Å². The van der Waals surface area contributed by atoms with Crippen LogP contribution in [0.3, 0.4) is 0 Å². The van der Waals surface area contributed by atoms with E-state index in [4.69, 9.17) is 0 Å². The van der Waals surface area contributed by atoms with Crippen LogP contribution in [0.15, 0.2) is 59.7 Å². The normalized spacial score (nSPS) is 16.7. The Labute approximate surface area is 166 Å². The van der Waals surface area contributed by atoms with Crippen LogP contribution in [0, 0.1) is 0 Å². The van der Waals surface area contributed by atoms with Crippen molar-refractivity contribution in [3.63, 3.8) is 0 Å². The molecule has 0 N–H and O–H groups in total. The Morgan fingerprint density at radius 1 is 1.10 bits per heavy atom. The van der Waals surface area contributed by atoms with Crippen molar-refractivity contribution in [2.24, 2.45) is 0 Å². The summed E-state index contributed by atoms with van der Waals surface area (Å²) in [7, 11) is 0. The highest BCUT2D eigenvalue weighted by molar-refractivity contribution is 5.79. The quantitative estimate of drug-likeness (QED) is 0.535. The van der Waals surface area contributed by atoms with Crippen molar-refractivity contribution in [3.05, 3.63) is 70.9 Å². The predicted octanol–water partition coefficient (Wildman–Crippen LogP) is 2.19. The van der Waals surface area contributed by atoms with Crippen molar-refractivity contribution in [1.82, 2.24) is 29.3 Å². The van der Waals surface area contributed by atoms with Gasteiger partial charge in [0.25, 0.3) is 0 Å². The van der Waals surface area contributed by atoms with Gasteiger partial charge in [0.05, 0.1) is 24.3 Å². The molecule has 0 aliphatic carbocycles. The number of aryl methyl sites for hydroxylation is 1. The maximum atomic E-state index is 13.0. The van der Waals surface area contributed by atoms with Gasteiger partial charge in [-0.2, -0.15) is 5.10 Å². The van der Waals surface area contributed by atoms with E-state index in [1.807, 2.05) is 51.9 Å². The molecule has 1 aliphatic heterocycles. The number of hydrogen-bond donors (Lipinski definition) is 0. The highest BCUT2D eigenvalue weighted by atomic mass is 16.2. The molecule has 0 radical (unpaired) electrons. The minimum Gasteiger partial charge on any atom is -0.332 e. The molecule has 0 bridgehead atoms. The van der Waals surface area contributed by atoms with Crippen LogP contribution < -0.4 is 5.43 Å². The van der Waals surface area contributed by atoms with Crippen molar-refractivity contribution in [2.45, 2.75) is 31.8 Å². The number of para-hydroxylation sites is 1. The van der Waals surface area contributed by atoms with Gasteiger partial charge in [-0.15, -0.1) is 10.2 Å². The van der Waals surface area contributed by atoms with E-state index in [2.05, 4.69) is 15.3 Å². The van der Waals surface area contributed by atoms with Crippen LogP contribution >= 0.6 is 0 Å². The van der Waals surface area contributed by atoms with Gasteiger partial charge in [-0.05, 0) is 37.1 Å². The lowest BCUT2D eigenvalue weighted by Crippen LogP contribution is -2.32. The van der Waals surface area contributed by atoms with E-state index < -0.39 is 0 Å². The number of hydrogen-bond acceptors (Lipinski definition) is 5. The Bertz CT molecular complexity index is 1260. The highest BCUT2D eigenvalue weighted by Gasteiger charge is 2.32. The second-order valence-corrected chi connectivity index (χ2v) is 7.23. The number of rotatable bonds is 4. The lowest BCUT2D eigenvalue weighted by atomic mass is 10.2. The van der Waals surface area contributed by atoms with Crippen molar-refractivity contribution in [3.8, 4) is 0 Å². The van der Waals surface area contributed by atoms with E-state index in [-0.39, 0.29) is 17.4 Å². The molecule has 1 aliphatic rings. The van der Waals surface area contributed by atoms with E-state index in [0.717, 1.165) is 29.8 Å². The zero-order valence-electron chi connectivity index (χ0n) is 15.8. The van der Waals surface area contributed by atoms with Crippen molar-refractivity contribution in [2.75, 3.05) is 6.54 Å². The molecule has 0 saturated carbocycles. The van der Waals surface area contributed by atoms with Crippen LogP contribution in [0.2, 0.25) is 0 Å². The first-order chi connectivity index (χ1) is 14.2. The van der Waals surface area contributed by atoms with E-state index in [0.29, 0.717) is 24.9 Å². The summed E-state index contributed by atoms with van der Waals surface area (Å²) in [5, 5.41) is 13.4. The topological polar surface area (TPSA) is 85.4 Å². The largest absolute Gasteiger partial charge is 0.332 e. The fraction of sp³-hybridized carbons (Fsp3) is 0.286. The van der Waals surface area contributed by atoms with Gasteiger partial charge in [0, 0.05) is 24.5 Å². The molecular weight excluding hydrogens is 368 g/mol. The SMILES string of the molecule is O=C(CCn1ncc(=O)c2ccccc21)N1CCCC1c1nnc2ccccn12. The molecular formula is C21H20N6O2. The summed E-state index contributed by atoms with van der Waals surface area (Å²) in [6, 6.07) is 13.0. The maximum Gasteiger partial charge on any atom is 0.225 e. The highest BCUT2D eigenvalue weighted by Crippen LogP contribution is 2.31. The van der Waals surface area contributed by atoms with Gasteiger partial charge in [-0.3, -0.25) is 18.7 Å². The second-order valence-electron chi connectivity index (χ2n) is 7.23. The maximum absolute atomic E-state index is 13.0. The molecule has 8 nitrogen and oxygen atoms in total. The number of benzene rings is 1. The third kappa shape index (κ3) is 3.06. The third-order valence-corrected chi connectivity index (χ3v) is 5.51. The lowest BCUT2D eigenvalue weighted by Gasteiger charge is -2.23. The van der Waals surface area contributed by atoms with Crippen LogP contribution in [0.1, 0.15) is 31.1 Å². The summed E-state index contributed by atoms with van der Waals surface area (Å²) in [4.78, 5) is 26.9. The zero-order valence-corrected chi connectivity index (χ0v) is 15.8. The molecule has 1 atom stereocenters. The van der Waals surface area contributed by atoms with E-state index in [1.54, 1.807) is 10.7 Å². The van der Waals surface area contributed by atoms with E-state index in [1.165, 1.54) is 6.20 Å². The van der Waals surface area contributed by atoms with Crippen molar-refractivity contribution < 1.29 is 4.79 Å². The third-order valence-electron chi connectivity index (χ3n) is 5.51. The van der Waals surface area contributed by atoms with Gasteiger partial charge in [0.2, 0.25) is 11.3 Å². The predicted molar refractivity (Wildman–Crippen MR) is 107 cm³/mol. The van der Waals surface area contributed by atoms with Crippen molar-refractivity contribution in [1.29, 1.82) is 0 Å². The van der Waals surface area contributed by atoms with E-state index >= 15 is 0 Å². The average molecular weight is 388 g/mol. The summed E-state index contributed by atoms with van der Waals surface area (Å²) in [6.07, 6.45) is 5.38. The Kier molecular flexibility index (Phi) is 4.31. The number of carbonyl (C=O) groups excluding carboxylic acids is 1. The molecule has 29 heavy (non-hydrogen) atoms. The Balaban J connectivity index is 1.37. The summed E-state index contributed by atoms with van der Waals surface area (Å²) in [5.74, 6) is 0.864. The molecule has 1 amide bonds. The van der Waals surface area contributed by atoms with Crippen LogP contribution in [0.5, 0.6) is 0 Å². The minimum absolute atomic E-state index is 0.0600. The van der Waals surface area contributed by atoms with Gasteiger partial charge in [0.1, 0.15) is 0 Å². The summed E-state index contributed by atoms with van der Waals surface area (Å²) in [5.41, 5.74) is 1.42. The summed E-state index contributed by atoms with van der Waals surface area (Å²) >= 11 is 0. The van der Waals surface area contributed by atoms with Crippen LogP contribution in [-0.2, 0) is 11.3 Å². The number of nitrogens with zero attached hydrogens (tertiary/aromatic N) is 6. The lowest BCUT2D eigenvalue weighted by molar-refractivity contribution is -0.132. The van der Waals surface area contributed by atoms with Crippen LogP contribution in [-0.4, -0.2) is 41.7 Å². The fourth-order valence-electron chi connectivity index (χ4n) is 4.11. The van der Waals surface area contributed by atoms with Crippen LogP contribution in [0.4, 0.5) is 0 Å². The molecule has 3 aromatic heterocycles. The number of carbonyl (C=O) groups is 1. The van der Waals surface area contributed by atoms with Gasteiger partial charge in [-0.25, -0.2) is 0 Å². The van der Waals surface area contributed by atoms with Gasteiger partial charge in [0.15, 0.2) is 11.5 Å². The number of likely N-dealkylation sites (tertiary alicyclic amines) is 1. The smallest absolute Gasteiger partial charge is 0.225 e. The monoisotopic (exact) mass is 388 g/mol. The molecule has 4 aromatic rings. The first-order valence-electron chi connectivity index (χ1n) is 9.76. The average Bonchev–Trinajstić information content (AvgIpc) is 3.40. The Morgan fingerprint density at radius 2 is 1.97 bits per heavy atom. The van der Waals surface area contributed by atoms with Crippen LogP contribution in [0.25, 0.3) is 16.6 Å². The molecule has 4 heterocycles.